The van der Waals surface area contributed by atoms with Gasteiger partial charge in [0.2, 0.25) is 5.91 Å². The Morgan fingerprint density at radius 3 is 2.36 bits per heavy atom. The molecule has 25 heavy (non-hydrogen) atoms. The van der Waals surface area contributed by atoms with Crippen molar-refractivity contribution >= 4 is 23.4 Å². The van der Waals surface area contributed by atoms with E-state index in [-0.39, 0.29) is 5.91 Å². The molecular formula is C20H18N2O2S. The Kier molecular flexibility index (Phi) is 5.69. The van der Waals surface area contributed by atoms with Gasteiger partial charge in [0.15, 0.2) is 0 Å². The van der Waals surface area contributed by atoms with Gasteiger partial charge in [0.1, 0.15) is 11.0 Å². The first kappa shape index (κ1) is 17.0. The van der Waals surface area contributed by atoms with Crippen LogP contribution >= 0.6 is 11.8 Å². The van der Waals surface area contributed by atoms with Gasteiger partial charge < -0.3 is 10.1 Å². The van der Waals surface area contributed by atoms with E-state index in [0.717, 1.165) is 22.0 Å². The van der Waals surface area contributed by atoms with Crippen LogP contribution in [0, 0.1) is 0 Å². The molecule has 3 rings (SSSR count). The third-order valence-corrected chi connectivity index (χ3v) is 4.78. The lowest BCUT2D eigenvalue weighted by Gasteiger charge is -2.16. The molecule has 5 heteroatoms. The van der Waals surface area contributed by atoms with Gasteiger partial charge in [-0.05, 0) is 42.0 Å². The van der Waals surface area contributed by atoms with Crippen LogP contribution in [0.1, 0.15) is 10.8 Å². The molecule has 1 N–H and O–H groups in total. The molecular weight excluding hydrogens is 332 g/mol. The number of hydrogen-bond acceptors (Lipinski definition) is 4. The zero-order chi connectivity index (χ0) is 17.5. The average molecular weight is 350 g/mol. The number of carbonyl (C=O) groups excluding carboxylic acids is 1. The molecule has 0 aliphatic carbocycles. The van der Waals surface area contributed by atoms with Crippen LogP contribution < -0.4 is 10.1 Å². The van der Waals surface area contributed by atoms with Crippen LogP contribution in [0.25, 0.3) is 0 Å². The molecule has 0 fully saturated rings. The van der Waals surface area contributed by atoms with Gasteiger partial charge in [-0.15, -0.1) is 0 Å². The minimum Gasteiger partial charge on any atom is -0.497 e. The van der Waals surface area contributed by atoms with E-state index in [1.807, 2.05) is 72.8 Å². The lowest BCUT2D eigenvalue weighted by atomic mass is 10.1. The molecule has 0 saturated heterocycles. The quantitative estimate of drug-likeness (QED) is 0.662. The zero-order valence-electron chi connectivity index (χ0n) is 13.8. The fourth-order valence-electron chi connectivity index (χ4n) is 2.32. The highest BCUT2D eigenvalue weighted by Crippen LogP contribution is 2.35. The first-order valence-electron chi connectivity index (χ1n) is 7.84. The smallest absolute Gasteiger partial charge is 0.242 e. The van der Waals surface area contributed by atoms with Crippen LogP contribution in [0.3, 0.4) is 0 Å². The number of pyridine rings is 1. The molecule has 2 aromatic carbocycles. The van der Waals surface area contributed by atoms with Crippen LogP contribution in [0.5, 0.6) is 5.75 Å². The van der Waals surface area contributed by atoms with E-state index in [9.17, 15) is 4.79 Å². The van der Waals surface area contributed by atoms with Crippen molar-refractivity contribution in [3.8, 4) is 5.75 Å². The molecule has 1 unspecified atom stereocenters. The Bertz CT molecular complexity index is 808. The summed E-state index contributed by atoms with van der Waals surface area (Å²) in [6.07, 6.45) is 1.73. The second kappa shape index (κ2) is 8.35. The van der Waals surface area contributed by atoms with E-state index >= 15 is 0 Å². The molecule has 0 radical (unpaired) electrons. The Balaban J connectivity index is 1.81. The highest BCUT2D eigenvalue weighted by Gasteiger charge is 2.22. The molecule has 0 saturated carbocycles. The molecule has 0 bridgehead atoms. The third-order valence-electron chi connectivity index (χ3n) is 3.57. The van der Waals surface area contributed by atoms with Gasteiger partial charge in [0.05, 0.1) is 12.1 Å². The van der Waals surface area contributed by atoms with E-state index in [1.54, 1.807) is 13.3 Å². The molecule has 1 atom stereocenters. The monoisotopic (exact) mass is 350 g/mol. The Labute approximate surface area is 151 Å². The van der Waals surface area contributed by atoms with Crippen molar-refractivity contribution in [2.45, 2.75) is 10.3 Å². The van der Waals surface area contributed by atoms with Crippen molar-refractivity contribution in [1.82, 2.24) is 4.98 Å². The minimum absolute atomic E-state index is 0.0907. The summed E-state index contributed by atoms with van der Waals surface area (Å²) in [7, 11) is 1.61. The standard InChI is InChI=1S/C20H18N2O2S/c1-24-17-12-10-16(11-13-17)22-20(23)19(15-7-3-2-4-8-15)25-18-9-5-6-14-21-18/h2-14,19H,1H3,(H,22,23). The molecule has 126 valence electrons. The fourth-order valence-corrected chi connectivity index (χ4v) is 3.30. The number of aromatic nitrogens is 1. The molecule has 0 spiro atoms. The third kappa shape index (κ3) is 4.61. The molecule has 0 aliphatic rings. The van der Waals surface area contributed by atoms with Crippen molar-refractivity contribution < 1.29 is 9.53 Å². The number of methoxy groups -OCH3 is 1. The van der Waals surface area contributed by atoms with Gasteiger partial charge in [0.25, 0.3) is 0 Å². The first-order chi connectivity index (χ1) is 12.3. The maximum absolute atomic E-state index is 12.9. The van der Waals surface area contributed by atoms with Crippen molar-refractivity contribution in [2.75, 3.05) is 12.4 Å². The summed E-state index contributed by atoms with van der Waals surface area (Å²) in [4.78, 5) is 17.2. The van der Waals surface area contributed by atoms with Crippen LogP contribution in [0.4, 0.5) is 5.69 Å². The minimum atomic E-state index is -0.391. The number of benzene rings is 2. The van der Waals surface area contributed by atoms with Crippen molar-refractivity contribution in [1.29, 1.82) is 0 Å². The van der Waals surface area contributed by atoms with Gasteiger partial charge in [-0.1, -0.05) is 48.2 Å². The number of ether oxygens (including phenoxy) is 1. The maximum atomic E-state index is 12.9. The second-order valence-corrected chi connectivity index (χ2v) is 6.42. The lowest BCUT2D eigenvalue weighted by Crippen LogP contribution is -2.19. The normalized spacial score (nSPS) is 11.6. The second-order valence-electron chi connectivity index (χ2n) is 5.29. The first-order valence-corrected chi connectivity index (χ1v) is 8.72. The van der Waals surface area contributed by atoms with Crippen molar-refractivity contribution in [3.05, 3.63) is 84.6 Å². The van der Waals surface area contributed by atoms with Gasteiger partial charge in [0, 0.05) is 11.9 Å². The zero-order valence-corrected chi connectivity index (χ0v) is 14.6. The number of thioether (sulfide) groups is 1. The van der Waals surface area contributed by atoms with Crippen molar-refractivity contribution in [2.24, 2.45) is 0 Å². The van der Waals surface area contributed by atoms with Gasteiger partial charge in [-0.25, -0.2) is 4.98 Å². The summed E-state index contributed by atoms with van der Waals surface area (Å²) in [5.74, 6) is 0.660. The van der Waals surface area contributed by atoms with E-state index in [0.29, 0.717) is 0 Å². The van der Waals surface area contributed by atoms with Gasteiger partial charge in [-0.3, -0.25) is 4.79 Å². The van der Waals surface area contributed by atoms with E-state index in [1.165, 1.54) is 11.8 Å². The lowest BCUT2D eigenvalue weighted by molar-refractivity contribution is -0.115. The Morgan fingerprint density at radius 2 is 1.72 bits per heavy atom. The number of carbonyl (C=O) groups is 1. The molecule has 1 amide bonds. The summed E-state index contributed by atoms with van der Waals surface area (Å²) >= 11 is 1.43. The Hall–Kier alpha value is -2.79. The van der Waals surface area contributed by atoms with Crippen LogP contribution in [0.15, 0.2) is 84.0 Å². The van der Waals surface area contributed by atoms with Crippen molar-refractivity contribution in [3.63, 3.8) is 0 Å². The SMILES string of the molecule is COc1ccc(NC(=O)C(Sc2ccccn2)c2ccccc2)cc1. The number of nitrogens with one attached hydrogen (secondary N) is 1. The summed E-state index contributed by atoms with van der Waals surface area (Å²) in [6.45, 7) is 0. The molecule has 1 heterocycles. The summed E-state index contributed by atoms with van der Waals surface area (Å²) in [6, 6.07) is 22.7. The topological polar surface area (TPSA) is 51.2 Å². The Morgan fingerprint density at radius 1 is 1.00 bits per heavy atom. The average Bonchev–Trinajstić information content (AvgIpc) is 2.68. The van der Waals surface area contributed by atoms with Crippen LogP contribution in [-0.2, 0) is 4.79 Å². The predicted octanol–water partition coefficient (Wildman–Crippen LogP) is 4.56. The molecule has 3 aromatic rings. The summed E-state index contributed by atoms with van der Waals surface area (Å²) in [5.41, 5.74) is 1.66. The fraction of sp³-hybridized carbons (Fsp3) is 0.100. The number of anilines is 1. The van der Waals surface area contributed by atoms with Gasteiger partial charge in [-0.2, -0.15) is 0 Å². The molecule has 0 aliphatic heterocycles. The van der Waals surface area contributed by atoms with Gasteiger partial charge >= 0.3 is 0 Å². The van der Waals surface area contributed by atoms with E-state index < -0.39 is 5.25 Å². The number of nitrogens with zero attached hydrogens (tertiary/aromatic N) is 1. The van der Waals surface area contributed by atoms with Crippen LogP contribution in [-0.4, -0.2) is 18.0 Å². The predicted molar refractivity (Wildman–Crippen MR) is 101 cm³/mol. The largest absolute Gasteiger partial charge is 0.497 e. The van der Waals surface area contributed by atoms with Crippen LogP contribution in [0.2, 0.25) is 0 Å². The molecule has 4 nitrogen and oxygen atoms in total. The summed E-state index contributed by atoms with van der Waals surface area (Å²) in [5, 5.41) is 3.39. The highest BCUT2D eigenvalue weighted by atomic mass is 32.2. The number of hydrogen-bond donors (Lipinski definition) is 1. The van der Waals surface area contributed by atoms with E-state index in [4.69, 9.17) is 4.74 Å². The van der Waals surface area contributed by atoms with E-state index in [2.05, 4.69) is 10.3 Å². The highest BCUT2D eigenvalue weighted by molar-refractivity contribution is 8.00. The number of rotatable bonds is 6. The maximum Gasteiger partial charge on any atom is 0.242 e. The summed E-state index contributed by atoms with van der Waals surface area (Å²) < 4.78 is 5.14. The number of amides is 1. The molecule has 1 aromatic heterocycles.